The third kappa shape index (κ3) is 5.22. The van der Waals surface area contributed by atoms with E-state index >= 15 is 0 Å². The largest absolute Gasteiger partial charge is 0.493 e. The lowest BCUT2D eigenvalue weighted by molar-refractivity contribution is -0.169. The average molecular weight is 494 g/mol. The van der Waals surface area contributed by atoms with E-state index in [0.717, 1.165) is 0 Å². The first kappa shape index (κ1) is 24.1. The zero-order chi connectivity index (χ0) is 24.9. The van der Waals surface area contributed by atoms with E-state index in [1.807, 2.05) is 18.2 Å². The van der Waals surface area contributed by atoms with Crippen LogP contribution in [-0.4, -0.2) is 35.4 Å². The molecule has 1 fully saturated rings. The van der Waals surface area contributed by atoms with Crippen LogP contribution in [0.2, 0.25) is 5.02 Å². The Hall–Kier alpha value is -4.04. The summed E-state index contributed by atoms with van der Waals surface area (Å²) < 4.78 is 11.6. The Labute approximate surface area is 207 Å². The number of hydrogen-bond acceptors (Lipinski definition) is 5. The lowest BCUT2D eigenvalue weighted by atomic mass is 9.92. The van der Waals surface area contributed by atoms with Crippen molar-refractivity contribution in [3.05, 3.63) is 88.9 Å². The molecular weight excluding hydrogens is 470 g/mol. The number of nitrogens with zero attached hydrogens (tertiary/aromatic N) is 1. The molecule has 0 aromatic heterocycles. The van der Waals surface area contributed by atoms with E-state index in [2.05, 4.69) is 10.7 Å². The lowest BCUT2D eigenvalue weighted by Crippen LogP contribution is -2.67. The standard InChI is InChI=1S/C26H24ClN3O5/c1-3-34-22-15-17(28-16(2)31)13-14-20(22)25(32)29-30-23(19-11-7-8-12-21(19)27)24(26(30)33)35-18-9-5-4-6-10-18/h4-15,23-24H,3H2,1-2H3,(H,28,31)(H,29,32)/t23-,24-/m1/s1. The van der Waals surface area contributed by atoms with Crippen LogP contribution in [0.4, 0.5) is 5.69 Å². The minimum atomic E-state index is -0.869. The molecule has 1 aliphatic rings. The van der Waals surface area contributed by atoms with Gasteiger partial charge in [0.05, 0.1) is 12.2 Å². The van der Waals surface area contributed by atoms with Gasteiger partial charge < -0.3 is 14.8 Å². The fourth-order valence-corrected chi connectivity index (χ4v) is 4.05. The maximum Gasteiger partial charge on any atom is 0.285 e. The number of carbonyl (C=O) groups is 3. The van der Waals surface area contributed by atoms with Crippen molar-refractivity contribution in [3.63, 3.8) is 0 Å². The normalized spacial score (nSPS) is 16.8. The summed E-state index contributed by atoms with van der Waals surface area (Å²) in [7, 11) is 0. The van der Waals surface area contributed by atoms with Gasteiger partial charge in [-0.15, -0.1) is 0 Å². The highest BCUT2D eigenvalue weighted by Gasteiger charge is 2.52. The van der Waals surface area contributed by atoms with Crippen LogP contribution >= 0.6 is 11.6 Å². The van der Waals surface area contributed by atoms with E-state index in [4.69, 9.17) is 21.1 Å². The SMILES string of the molecule is CCOc1cc(NC(C)=O)ccc1C(=O)NN1C(=O)[C@H](Oc2ccccc2)[C@H]1c1ccccc1Cl. The van der Waals surface area contributed by atoms with Gasteiger partial charge in [0.25, 0.3) is 11.8 Å². The molecule has 1 aliphatic heterocycles. The summed E-state index contributed by atoms with van der Waals surface area (Å²) in [4.78, 5) is 37.7. The van der Waals surface area contributed by atoms with Gasteiger partial charge >= 0.3 is 0 Å². The predicted molar refractivity (Wildman–Crippen MR) is 131 cm³/mol. The summed E-state index contributed by atoms with van der Waals surface area (Å²) in [6, 6.07) is 20.1. The number of carbonyl (C=O) groups excluding carboxylic acids is 3. The number of nitrogens with one attached hydrogen (secondary N) is 2. The summed E-state index contributed by atoms with van der Waals surface area (Å²) in [5, 5.41) is 4.32. The van der Waals surface area contributed by atoms with Gasteiger partial charge in [0.1, 0.15) is 17.5 Å². The van der Waals surface area contributed by atoms with Crippen LogP contribution in [0.5, 0.6) is 11.5 Å². The van der Waals surface area contributed by atoms with Crippen molar-refractivity contribution >= 4 is 35.0 Å². The molecule has 0 saturated carbocycles. The number of benzene rings is 3. The van der Waals surface area contributed by atoms with Gasteiger partial charge in [-0.3, -0.25) is 19.8 Å². The van der Waals surface area contributed by atoms with Crippen molar-refractivity contribution in [2.45, 2.75) is 26.0 Å². The quantitative estimate of drug-likeness (QED) is 0.454. The van der Waals surface area contributed by atoms with Crippen LogP contribution in [0.3, 0.4) is 0 Å². The minimum absolute atomic E-state index is 0.207. The molecule has 3 amide bonds. The molecule has 180 valence electrons. The second kappa shape index (κ2) is 10.5. The van der Waals surface area contributed by atoms with Crippen LogP contribution in [0.15, 0.2) is 72.8 Å². The second-order valence-electron chi connectivity index (χ2n) is 7.79. The van der Waals surface area contributed by atoms with E-state index < -0.39 is 24.0 Å². The molecule has 9 heteroatoms. The smallest absolute Gasteiger partial charge is 0.285 e. The molecule has 0 unspecified atom stereocenters. The Morgan fingerprint density at radius 1 is 1.03 bits per heavy atom. The lowest BCUT2D eigenvalue weighted by Gasteiger charge is -2.46. The number of β-lactam (4-membered cyclic amide) rings is 1. The Morgan fingerprint density at radius 3 is 2.43 bits per heavy atom. The highest BCUT2D eigenvalue weighted by Crippen LogP contribution is 2.39. The third-order valence-electron chi connectivity index (χ3n) is 5.34. The van der Waals surface area contributed by atoms with Crippen LogP contribution in [-0.2, 0) is 9.59 Å². The molecule has 4 rings (SSSR count). The number of ether oxygens (including phenoxy) is 2. The van der Waals surface area contributed by atoms with Gasteiger partial charge in [-0.25, -0.2) is 5.01 Å². The van der Waals surface area contributed by atoms with Crippen molar-refractivity contribution in [3.8, 4) is 11.5 Å². The van der Waals surface area contributed by atoms with E-state index in [0.29, 0.717) is 28.6 Å². The number of rotatable bonds is 8. The van der Waals surface area contributed by atoms with Gasteiger partial charge in [0, 0.05) is 23.7 Å². The van der Waals surface area contributed by atoms with Crippen LogP contribution in [0.25, 0.3) is 0 Å². The topological polar surface area (TPSA) is 97.0 Å². The van der Waals surface area contributed by atoms with E-state index in [1.165, 1.54) is 18.0 Å². The molecule has 3 aromatic carbocycles. The molecule has 1 saturated heterocycles. The van der Waals surface area contributed by atoms with Crippen molar-refractivity contribution in [2.75, 3.05) is 11.9 Å². The van der Waals surface area contributed by atoms with Crippen LogP contribution in [0, 0.1) is 0 Å². The molecule has 1 heterocycles. The Kier molecular flexibility index (Phi) is 7.22. The molecule has 0 aliphatic carbocycles. The average Bonchev–Trinajstić information content (AvgIpc) is 2.84. The molecule has 35 heavy (non-hydrogen) atoms. The number of anilines is 1. The molecule has 2 N–H and O–H groups in total. The second-order valence-corrected chi connectivity index (χ2v) is 8.20. The maximum absolute atomic E-state index is 13.2. The molecule has 8 nitrogen and oxygen atoms in total. The molecule has 2 atom stereocenters. The molecule has 0 bridgehead atoms. The summed E-state index contributed by atoms with van der Waals surface area (Å²) in [6.07, 6.45) is -0.869. The third-order valence-corrected chi connectivity index (χ3v) is 5.69. The first-order chi connectivity index (χ1) is 16.9. The fraction of sp³-hybridized carbons (Fsp3) is 0.192. The number of amides is 3. The molecule has 0 spiro atoms. The van der Waals surface area contributed by atoms with E-state index in [-0.39, 0.29) is 17.2 Å². The monoisotopic (exact) mass is 493 g/mol. The summed E-state index contributed by atoms with van der Waals surface area (Å²) in [5.41, 5.74) is 4.01. The Morgan fingerprint density at radius 2 is 1.74 bits per heavy atom. The summed E-state index contributed by atoms with van der Waals surface area (Å²) in [6.45, 7) is 3.48. The highest BCUT2D eigenvalue weighted by atomic mass is 35.5. The van der Waals surface area contributed by atoms with Crippen molar-refractivity contribution in [1.82, 2.24) is 10.4 Å². The van der Waals surface area contributed by atoms with E-state index in [1.54, 1.807) is 55.5 Å². The zero-order valence-corrected chi connectivity index (χ0v) is 19.9. The number of hydrazine groups is 1. The van der Waals surface area contributed by atoms with Gasteiger partial charge in [0.2, 0.25) is 12.0 Å². The maximum atomic E-state index is 13.2. The Bertz CT molecular complexity index is 1250. The number of halogens is 1. The Balaban J connectivity index is 1.61. The van der Waals surface area contributed by atoms with Crippen LogP contribution in [0.1, 0.15) is 35.8 Å². The van der Waals surface area contributed by atoms with E-state index in [9.17, 15) is 14.4 Å². The first-order valence-corrected chi connectivity index (χ1v) is 11.4. The first-order valence-electron chi connectivity index (χ1n) is 11.0. The highest BCUT2D eigenvalue weighted by molar-refractivity contribution is 6.31. The molecular formula is C26H24ClN3O5. The van der Waals surface area contributed by atoms with Crippen molar-refractivity contribution in [2.24, 2.45) is 0 Å². The van der Waals surface area contributed by atoms with Gasteiger partial charge in [0.15, 0.2) is 0 Å². The molecule has 0 radical (unpaired) electrons. The minimum Gasteiger partial charge on any atom is -0.493 e. The van der Waals surface area contributed by atoms with Crippen LogP contribution < -0.4 is 20.2 Å². The number of hydrogen-bond donors (Lipinski definition) is 2. The van der Waals surface area contributed by atoms with Crippen molar-refractivity contribution < 1.29 is 23.9 Å². The fourth-order valence-electron chi connectivity index (χ4n) is 3.80. The zero-order valence-electron chi connectivity index (χ0n) is 19.2. The predicted octanol–water partition coefficient (Wildman–Crippen LogP) is 4.37. The molecule has 3 aromatic rings. The summed E-state index contributed by atoms with van der Waals surface area (Å²) >= 11 is 6.43. The van der Waals surface area contributed by atoms with Gasteiger partial charge in [-0.05, 0) is 42.8 Å². The number of para-hydroxylation sites is 1. The summed E-state index contributed by atoms with van der Waals surface area (Å²) in [5.74, 6) is -0.411. The van der Waals surface area contributed by atoms with Crippen molar-refractivity contribution in [1.29, 1.82) is 0 Å². The van der Waals surface area contributed by atoms with Gasteiger partial charge in [-0.2, -0.15) is 0 Å². The van der Waals surface area contributed by atoms with Gasteiger partial charge in [-0.1, -0.05) is 48.0 Å².